The monoisotopic (exact) mass is 414 g/mol. The highest BCUT2D eigenvalue weighted by atomic mass is 16.5. The van der Waals surface area contributed by atoms with Gasteiger partial charge in [-0.25, -0.2) is 4.79 Å². The lowest BCUT2D eigenvalue weighted by Crippen LogP contribution is -2.41. The van der Waals surface area contributed by atoms with Gasteiger partial charge in [-0.3, -0.25) is 0 Å². The van der Waals surface area contributed by atoms with Crippen molar-refractivity contribution in [3.8, 4) is 0 Å². The lowest BCUT2D eigenvalue weighted by molar-refractivity contribution is -0.160. The summed E-state index contributed by atoms with van der Waals surface area (Å²) in [6.45, 7) is 2.67. The van der Waals surface area contributed by atoms with Crippen LogP contribution in [0.3, 0.4) is 0 Å². The summed E-state index contributed by atoms with van der Waals surface area (Å²) in [5.41, 5.74) is 0.516. The van der Waals surface area contributed by atoms with Crippen LogP contribution in [0, 0.1) is 0 Å². The zero-order valence-corrected chi connectivity index (χ0v) is 19.0. The van der Waals surface area contributed by atoms with Gasteiger partial charge in [-0.1, -0.05) is 121 Å². The average molecular weight is 415 g/mol. The van der Waals surface area contributed by atoms with E-state index in [-0.39, 0.29) is 6.42 Å². The molecular formula is C27H42O3. The number of hydrogen-bond donors (Lipinski definition) is 1. The van der Waals surface area contributed by atoms with Crippen LogP contribution >= 0.6 is 0 Å². The molecule has 1 aliphatic rings. The van der Waals surface area contributed by atoms with Gasteiger partial charge < -0.3 is 9.84 Å². The van der Waals surface area contributed by atoms with Crippen molar-refractivity contribution in [1.29, 1.82) is 0 Å². The maximum absolute atomic E-state index is 12.3. The molecule has 0 saturated carbocycles. The predicted molar refractivity (Wildman–Crippen MR) is 125 cm³/mol. The van der Waals surface area contributed by atoms with E-state index in [9.17, 15) is 9.90 Å². The molecule has 3 nitrogen and oxygen atoms in total. The summed E-state index contributed by atoms with van der Waals surface area (Å²) in [5.74, 6) is -0.525. The van der Waals surface area contributed by atoms with Crippen LogP contribution in [0.25, 0.3) is 6.08 Å². The second kappa shape index (κ2) is 14.4. The summed E-state index contributed by atoms with van der Waals surface area (Å²) < 4.78 is 5.37. The highest BCUT2D eigenvalue weighted by molar-refractivity contribution is 5.85. The number of ether oxygens (including phenoxy) is 1. The molecule has 0 saturated heterocycles. The van der Waals surface area contributed by atoms with Crippen molar-refractivity contribution in [3.63, 3.8) is 0 Å². The normalized spacial score (nSPS) is 17.7. The Morgan fingerprint density at radius 1 is 0.867 bits per heavy atom. The number of aliphatic hydroxyl groups is 1. The molecule has 0 aliphatic heterocycles. The lowest BCUT2D eigenvalue weighted by atomic mass is 9.86. The summed E-state index contributed by atoms with van der Waals surface area (Å²) in [6.07, 6.45) is 21.9. The highest BCUT2D eigenvalue weighted by Gasteiger charge is 2.37. The van der Waals surface area contributed by atoms with Crippen LogP contribution in [-0.4, -0.2) is 23.3 Å². The van der Waals surface area contributed by atoms with Gasteiger partial charge in [-0.05, 0) is 23.6 Å². The summed E-state index contributed by atoms with van der Waals surface area (Å²) in [4.78, 5) is 12.3. The lowest BCUT2D eigenvalue weighted by Gasteiger charge is -2.26. The molecule has 1 aromatic rings. The van der Waals surface area contributed by atoms with Crippen molar-refractivity contribution in [3.05, 3.63) is 41.5 Å². The third-order valence-electron chi connectivity index (χ3n) is 6.14. The first-order valence-electron chi connectivity index (χ1n) is 12.3. The fourth-order valence-electron chi connectivity index (χ4n) is 4.16. The Balaban J connectivity index is 1.43. The van der Waals surface area contributed by atoms with Crippen LogP contribution < -0.4 is 0 Å². The molecule has 1 aliphatic carbocycles. The van der Waals surface area contributed by atoms with Gasteiger partial charge in [0.15, 0.2) is 5.60 Å². The molecule has 0 heterocycles. The van der Waals surface area contributed by atoms with Crippen molar-refractivity contribution < 1.29 is 14.6 Å². The molecule has 0 fully saturated rings. The van der Waals surface area contributed by atoms with E-state index in [1.54, 1.807) is 6.08 Å². The standard InChI is InChI=1S/C27H42O3/c1-2-3-4-5-6-7-8-9-10-11-12-13-14-17-22-30-26(28)27(29)21-20-24-18-15-16-19-25(24)23-27/h15-16,18-21,29H,2-14,17,22-23H2,1H3. The Hall–Kier alpha value is -1.61. The fourth-order valence-corrected chi connectivity index (χ4v) is 4.16. The smallest absolute Gasteiger partial charge is 0.342 e. The van der Waals surface area contributed by atoms with E-state index >= 15 is 0 Å². The van der Waals surface area contributed by atoms with E-state index < -0.39 is 11.6 Å². The molecule has 1 aromatic carbocycles. The zero-order chi connectivity index (χ0) is 21.5. The van der Waals surface area contributed by atoms with Crippen molar-refractivity contribution in [2.75, 3.05) is 6.61 Å². The van der Waals surface area contributed by atoms with Gasteiger partial charge in [-0.2, -0.15) is 0 Å². The van der Waals surface area contributed by atoms with E-state index in [2.05, 4.69) is 6.92 Å². The summed E-state index contributed by atoms with van der Waals surface area (Å²) in [6, 6.07) is 7.83. The number of unbranched alkanes of at least 4 members (excludes halogenated alkanes) is 13. The highest BCUT2D eigenvalue weighted by Crippen LogP contribution is 2.27. The maximum atomic E-state index is 12.3. The Morgan fingerprint density at radius 2 is 1.40 bits per heavy atom. The van der Waals surface area contributed by atoms with Crippen LogP contribution in [-0.2, 0) is 16.0 Å². The van der Waals surface area contributed by atoms with Crippen LogP contribution in [0.5, 0.6) is 0 Å². The number of hydrogen-bond acceptors (Lipinski definition) is 3. The van der Waals surface area contributed by atoms with Gasteiger partial charge in [0, 0.05) is 6.42 Å². The van der Waals surface area contributed by atoms with Gasteiger partial charge >= 0.3 is 5.97 Å². The zero-order valence-electron chi connectivity index (χ0n) is 19.0. The molecule has 1 N–H and O–H groups in total. The number of carbonyl (C=O) groups is 1. The number of fused-ring (bicyclic) bond motifs is 1. The first kappa shape index (κ1) is 24.7. The first-order chi connectivity index (χ1) is 14.7. The van der Waals surface area contributed by atoms with Crippen molar-refractivity contribution in [1.82, 2.24) is 0 Å². The SMILES string of the molecule is CCCCCCCCCCCCCCCCOC(=O)C1(O)C=Cc2ccccc2C1. The first-order valence-corrected chi connectivity index (χ1v) is 12.3. The van der Waals surface area contributed by atoms with E-state index in [0.29, 0.717) is 6.61 Å². The third kappa shape index (κ3) is 9.04. The number of benzene rings is 1. The largest absolute Gasteiger partial charge is 0.463 e. The minimum Gasteiger partial charge on any atom is -0.463 e. The minimum atomic E-state index is -1.52. The number of rotatable bonds is 16. The van der Waals surface area contributed by atoms with Crippen molar-refractivity contribution in [2.24, 2.45) is 0 Å². The van der Waals surface area contributed by atoms with Crippen LogP contribution in [0.4, 0.5) is 0 Å². The van der Waals surface area contributed by atoms with Gasteiger partial charge in [0.1, 0.15) is 0 Å². The molecule has 1 unspecified atom stereocenters. The van der Waals surface area contributed by atoms with E-state index in [1.165, 1.54) is 77.0 Å². The summed E-state index contributed by atoms with van der Waals surface area (Å²) in [7, 11) is 0. The van der Waals surface area contributed by atoms with Crippen LogP contribution in [0.1, 0.15) is 108 Å². The summed E-state index contributed by atoms with van der Waals surface area (Å²) >= 11 is 0. The van der Waals surface area contributed by atoms with E-state index in [1.807, 2.05) is 30.3 Å². The van der Waals surface area contributed by atoms with Crippen LogP contribution in [0.2, 0.25) is 0 Å². The Kier molecular flexibility index (Phi) is 11.8. The van der Waals surface area contributed by atoms with Gasteiger partial charge in [-0.15, -0.1) is 0 Å². The molecule has 3 heteroatoms. The number of carbonyl (C=O) groups excluding carboxylic acids is 1. The quantitative estimate of drug-likeness (QED) is 0.234. The Labute approximate surface area is 183 Å². The van der Waals surface area contributed by atoms with Crippen molar-refractivity contribution >= 4 is 12.0 Å². The Morgan fingerprint density at radius 3 is 2.00 bits per heavy atom. The second-order valence-electron chi connectivity index (χ2n) is 8.87. The van der Waals surface area contributed by atoms with Gasteiger partial charge in [0.2, 0.25) is 0 Å². The summed E-state index contributed by atoms with van der Waals surface area (Å²) in [5, 5.41) is 10.6. The maximum Gasteiger partial charge on any atom is 0.342 e. The topological polar surface area (TPSA) is 46.5 Å². The number of esters is 1. The molecule has 1 atom stereocenters. The minimum absolute atomic E-state index is 0.289. The molecule has 2 rings (SSSR count). The third-order valence-corrected chi connectivity index (χ3v) is 6.14. The van der Waals surface area contributed by atoms with Gasteiger partial charge in [0.05, 0.1) is 6.61 Å². The molecule has 30 heavy (non-hydrogen) atoms. The van der Waals surface area contributed by atoms with Crippen LogP contribution in [0.15, 0.2) is 30.3 Å². The molecule has 0 amide bonds. The average Bonchev–Trinajstić information content (AvgIpc) is 2.76. The predicted octanol–water partition coefficient (Wildman–Crippen LogP) is 7.01. The fraction of sp³-hybridized carbons (Fsp3) is 0.667. The molecule has 168 valence electrons. The molecule has 0 aromatic heterocycles. The molecule has 0 radical (unpaired) electrons. The molecule has 0 bridgehead atoms. The van der Waals surface area contributed by atoms with E-state index in [0.717, 1.165) is 24.0 Å². The second-order valence-corrected chi connectivity index (χ2v) is 8.87. The Bertz CT molecular complexity index is 637. The van der Waals surface area contributed by atoms with E-state index in [4.69, 9.17) is 4.74 Å². The van der Waals surface area contributed by atoms with Crippen molar-refractivity contribution in [2.45, 2.75) is 109 Å². The van der Waals surface area contributed by atoms with Gasteiger partial charge in [0.25, 0.3) is 0 Å². The molecular weight excluding hydrogens is 372 g/mol. The molecule has 0 spiro atoms.